The van der Waals surface area contributed by atoms with Crippen molar-refractivity contribution in [3.05, 3.63) is 29.8 Å². The van der Waals surface area contributed by atoms with Gasteiger partial charge in [0.25, 0.3) is 0 Å². The number of amides is 1. The minimum absolute atomic E-state index is 0.0708. The molecule has 0 aromatic carbocycles. The van der Waals surface area contributed by atoms with Crippen LogP contribution in [0.25, 0.3) is 4.96 Å². The lowest BCUT2D eigenvalue weighted by atomic mass is 9.94. The van der Waals surface area contributed by atoms with Crippen LogP contribution < -0.4 is 10.6 Å². The number of fused-ring (bicyclic) bond motifs is 1. The largest absolute Gasteiger partial charge is 0.355 e. The van der Waals surface area contributed by atoms with Gasteiger partial charge in [0.1, 0.15) is 0 Å². The van der Waals surface area contributed by atoms with E-state index < -0.39 is 0 Å². The Kier molecular flexibility index (Phi) is 3.29. The van der Waals surface area contributed by atoms with Crippen LogP contribution in [0.4, 0.5) is 5.13 Å². The fourth-order valence-corrected chi connectivity index (χ4v) is 3.79. The number of aryl methyl sites for hydroxylation is 2. The Balaban J connectivity index is 1.59. The van der Waals surface area contributed by atoms with Crippen LogP contribution in [0.2, 0.25) is 0 Å². The van der Waals surface area contributed by atoms with Crippen molar-refractivity contribution in [2.45, 2.75) is 31.8 Å². The fraction of sp³-hybridized carbons (Fsp3) is 0.429. The van der Waals surface area contributed by atoms with E-state index in [1.165, 1.54) is 11.3 Å². The second-order valence-corrected chi connectivity index (χ2v) is 6.75. The number of carbonyl (C=O) groups is 1. The van der Waals surface area contributed by atoms with Gasteiger partial charge in [0.2, 0.25) is 16.0 Å². The van der Waals surface area contributed by atoms with Crippen LogP contribution in [-0.2, 0) is 11.8 Å². The Hall–Kier alpha value is -2.42. The standard InChI is InChI=1S/C14H17N7OS/c1-8-6-21-14(16-8)23-13(19-21)17-10-3-4-11(22)18-12(10)9-5-15-20(2)7-9/h5-7,10,12H,3-4H2,1-2H3,(H,17,19)(H,18,22)/t10-,12+/m1/s1. The lowest BCUT2D eigenvalue weighted by Gasteiger charge is -2.32. The van der Waals surface area contributed by atoms with Crippen molar-refractivity contribution in [1.29, 1.82) is 0 Å². The minimum atomic E-state index is -0.108. The van der Waals surface area contributed by atoms with Gasteiger partial charge in [-0.2, -0.15) is 5.10 Å². The molecule has 0 saturated carbocycles. The van der Waals surface area contributed by atoms with Crippen LogP contribution in [0.1, 0.15) is 30.1 Å². The van der Waals surface area contributed by atoms with Crippen LogP contribution in [0, 0.1) is 6.92 Å². The molecule has 0 aliphatic carbocycles. The molecule has 1 aliphatic heterocycles. The molecule has 1 saturated heterocycles. The molecule has 9 heteroatoms. The number of aromatic nitrogens is 5. The molecule has 1 amide bonds. The molecule has 23 heavy (non-hydrogen) atoms. The summed E-state index contributed by atoms with van der Waals surface area (Å²) < 4.78 is 3.52. The summed E-state index contributed by atoms with van der Waals surface area (Å²) in [7, 11) is 1.87. The van der Waals surface area contributed by atoms with Crippen molar-refractivity contribution in [2.75, 3.05) is 5.32 Å². The van der Waals surface area contributed by atoms with E-state index in [1.807, 2.05) is 26.4 Å². The molecule has 4 rings (SSSR count). The Morgan fingerprint density at radius 1 is 1.43 bits per heavy atom. The quantitative estimate of drug-likeness (QED) is 0.754. The van der Waals surface area contributed by atoms with E-state index in [1.54, 1.807) is 15.4 Å². The highest BCUT2D eigenvalue weighted by Crippen LogP contribution is 2.28. The Bertz CT molecular complexity index is 832. The molecule has 3 aromatic heterocycles. The first-order valence-corrected chi connectivity index (χ1v) is 8.27. The molecule has 1 aliphatic rings. The predicted molar refractivity (Wildman–Crippen MR) is 86.3 cm³/mol. The smallest absolute Gasteiger partial charge is 0.220 e. The van der Waals surface area contributed by atoms with Crippen molar-refractivity contribution in [3.63, 3.8) is 0 Å². The van der Waals surface area contributed by atoms with E-state index in [2.05, 4.69) is 25.8 Å². The zero-order valence-corrected chi connectivity index (χ0v) is 13.7. The maximum atomic E-state index is 11.8. The highest BCUT2D eigenvalue weighted by Gasteiger charge is 2.31. The Labute approximate surface area is 136 Å². The summed E-state index contributed by atoms with van der Waals surface area (Å²) in [6.45, 7) is 1.95. The van der Waals surface area contributed by atoms with Crippen LogP contribution in [-0.4, -0.2) is 36.3 Å². The first-order valence-electron chi connectivity index (χ1n) is 7.46. The van der Waals surface area contributed by atoms with Crippen molar-refractivity contribution < 1.29 is 4.79 Å². The van der Waals surface area contributed by atoms with E-state index in [9.17, 15) is 4.79 Å². The van der Waals surface area contributed by atoms with Gasteiger partial charge in [-0.3, -0.25) is 9.48 Å². The second-order valence-electron chi connectivity index (χ2n) is 5.80. The third kappa shape index (κ3) is 2.67. The number of piperidine rings is 1. The molecule has 1 fully saturated rings. The highest BCUT2D eigenvalue weighted by atomic mass is 32.1. The monoisotopic (exact) mass is 331 g/mol. The number of nitrogens with zero attached hydrogens (tertiary/aromatic N) is 5. The normalized spacial score (nSPS) is 21.6. The van der Waals surface area contributed by atoms with Crippen LogP contribution in [0.3, 0.4) is 0 Å². The molecule has 4 heterocycles. The van der Waals surface area contributed by atoms with E-state index in [0.29, 0.717) is 6.42 Å². The van der Waals surface area contributed by atoms with Crippen molar-refractivity contribution in [2.24, 2.45) is 7.05 Å². The number of imidazole rings is 1. The van der Waals surface area contributed by atoms with Gasteiger partial charge in [0, 0.05) is 25.2 Å². The molecule has 0 unspecified atom stereocenters. The van der Waals surface area contributed by atoms with Crippen molar-refractivity contribution in [3.8, 4) is 0 Å². The first kappa shape index (κ1) is 14.2. The van der Waals surface area contributed by atoms with E-state index in [0.717, 1.165) is 27.8 Å². The number of hydrogen-bond acceptors (Lipinski definition) is 6. The Morgan fingerprint density at radius 2 is 2.30 bits per heavy atom. The van der Waals surface area contributed by atoms with Gasteiger partial charge in [-0.15, -0.1) is 5.10 Å². The zero-order valence-electron chi connectivity index (χ0n) is 12.9. The van der Waals surface area contributed by atoms with E-state index >= 15 is 0 Å². The molecule has 8 nitrogen and oxygen atoms in total. The first-order chi connectivity index (χ1) is 11.1. The average Bonchev–Trinajstić information content (AvgIpc) is 3.15. The van der Waals surface area contributed by atoms with E-state index in [4.69, 9.17) is 0 Å². The Morgan fingerprint density at radius 3 is 3.04 bits per heavy atom. The predicted octanol–water partition coefficient (Wildman–Crippen LogP) is 1.26. The lowest BCUT2D eigenvalue weighted by molar-refractivity contribution is -0.123. The summed E-state index contributed by atoms with van der Waals surface area (Å²) in [5.41, 5.74) is 1.95. The summed E-state index contributed by atoms with van der Waals surface area (Å²) in [5, 5.41) is 16.0. The van der Waals surface area contributed by atoms with Crippen molar-refractivity contribution >= 4 is 27.3 Å². The third-order valence-electron chi connectivity index (χ3n) is 3.96. The molecular weight excluding hydrogens is 314 g/mol. The number of hydrogen-bond donors (Lipinski definition) is 2. The number of nitrogens with one attached hydrogen (secondary N) is 2. The number of rotatable bonds is 3. The summed E-state index contributed by atoms with van der Waals surface area (Å²) in [6, 6.07) is -0.0308. The molecule has 2 atom stereocenters. The fourth-order valence-electron chi connectivity index (χ4n) is 2.90. The molecule has 120 valence electrons. The topological polar surface area (TPSA) is 89.1 Å². The minimum Gasteiger partial charge on any atom is -0.355 e. The van der Waals surface area contributed by atoms with Gasteiger partial charge in [0.05, 0.1) is 30.2 Å². The number of carbonyl (C=O) groups excluding carboxylic acids is 1. The van der Waals surface area contributed by atoms with Crippen LogP contribution >= 0.6 is 11.3 Å². The van der Waals surface area contributed by atoms with E-state index in [-0.39, 0.29) is 18.0 Å². The van der Waals surface area contributed by atoms with Gasteiger partial charge in [-0.05, 0) is 13.3 Å². The van der Waals surface area contributed by atoms with Gasteiger partial charge in [0.15, 0.2) is 0 Å². The second kappa shape index (κ2) is 5.34. The van der Waals surface area contributed by atoms with Crippen LogP contribution in [0.5, 0.6) is 0 Å². The summed E-state index contributed by atoms with van der Waals surface area (Å²) >= 11 is 1.51. The van der Waals surface area contributed by atoms with Crippen LogP contribution in [0.15, 0.2) is 18.6 Å². The zero-order chi connectivity index (χ0) is 16.0. The highest BCUT2D eigenvalue weighted by molar-refractivity contribution is 7.20. The molecule has 0 bridgehead atoms. The maximum Gasteiger partial charge on any atom is 0.220 e. The van der Waals surface area contributed by atoms with Gasteiger partial charge in [-0.1, -0.05) is 11.3 Å². The summed E-state index contributed by atoms with van der Waals surface area (Å²) in [6.07, 6.45) is 6.90. The van der Waals surface area contributed by atoms with Crippen molar-refractivity contribution in [1.82, 2.24) is 29.7 Å². The maximum absolute atomic E-state index is 11.8. The third-order valence-corrected chi connectivity index (χ3v) is 4.81. The SMILES string of the molecule is Cc1cn2nc(N[C@@H]3CCC(=O)N[C@H]3c3cnn(C)c3)sc2n1. The molecule has 0 spiro atoms. The van der Waals surface area contributed by atoms with Gasteiger partial charge < -0.3 is 10.6 Å². The average molecular weight is 331 g/mol. The van der Waals surface area contributed by atoms with Gasteiger partial charge in [-0.25, -0.2) is 9.50 Å². The number of anilines is 1. The molecule has 3 aromatic rings. The molecule has 2 N–H and O–H groups in total. The molecule has 0 radical (unpaired) electrons. The summed E-state index contributed by atoms with van der Waals surface area (Å²) in [5.74, 6) is 0.0708. The molecular formula is C14H17N7OS. The van der Waals surface area contributed by atoms with Gasteiger partial charge >= 0.3 is 0 Å². The lowest BCUT2D eigenvalue weighted by Crippen LogP contribution is -2.45. The summed E-state index contributed by atoms with van der Waals surface area (Å²) in [4.78, 5) is 17.1.